The highest BCUT2D eigenvalue weighted by Crippen LogP contribution is 2.52. The summed E-state index contributed by atoms with van der Waals surface area (Å²) in [6.45, 7) is -5.14. The van der Waals surface area contributed by atoms with E-state index in [1.165, 1.54) is 0 Å². The smallest absolute Gasteiger partial charge is 0.257 e. The summed E-state index contributed by atoms with van der Waals surface area (Å²) < 4.78 is 69.4. The van der Waals surface area contributed by atoms with Crippen LogP contribution in [0, 0.1) is 0 Å². The summed E-state index contributed by atoms with van der Waals surface area (Å²) in [4.78, 5) is 0. The topological polar surface area (TPSA) is 475 Å². The Morgan fingerprint density at radius 2 is 0.848 bits per heavy atom. The monoisotopic (exact) mass is 970 g/mol. The summed E-state index contributed by atoms with van der Waals surface area (Å²) in [5.41, 5.74) is 0. The molecule has 18 N–H and O–H groups in total. The zero-order valence-electron chi connectivity index (χ0n) is 34.4. The molecule has 0 aromatic rings. The third kappa shape index (κ3) is 8.32. The van der Waals surface area contributed by atoms with Crippen LogP contribution in [0.15, 0.2) is 0 Å². The Morgan fingerprint density at radius 1 is 0.379 bits per heavy atom. The minimum atomic E-state index is -3.58. The lowest BCUT2D eigenvalue weighted by atomic mass is 9.79. The molecule has 0 amide bonds. The lowest BCUT2D eigenvalue weighted by Gasteiger charge is -2.62. The SMILES string of the molecule is OC[C@H]1O[C@@H](O[C@@H]2C3COC2C(O)C(O)O3)C(O)[C@@H](O[C@@H]2OC3COC(C2O)[C@@H]3O[C@]2([C@@]3(OC4[C@@H](CO)O[C@H](O)[C@H](O)[C@H]4O)O[C@H](CO)[C@H](O)[C@H](O)[C@H]3O)O[C@H](CO)[C@H](O)[C@H](O)[C@H]2O)C1O. The van der Waals surface area contributed by atoms with Crippen molar-refractivity contribution in [2.75, 3.05) is 39.6 Å². The standard InChI is InChI=1S/C36H58O30/c37-1-7-15(43)26(21(49)33(59-7)61-24-11-5-55-27(24)20(48)32(54)58-11)62-34-22(50)28-25(12(60-34)6-56-28)66-36(30(52)18(46)14(42)9(3-39)64-36)35(29(51)17(45)13(41)8(2-38)63-35)65-23-10(4-40)57-31(53)19(47)16(23)44/h7-34,37-54H,1-6H2/t7-,8-,9-,10-,11?,12?,13+,14+,15?,16-,17+,18+,19-,20?,21?,22?,23?,24-,25-,26+,27?,28?,29-,30-,31+,32?,33+,34+,35-,36-/m1/s1. The molecule has 8 rings (SSSR count). The maximum Gasteiger partial charge on any atom is 0.257 e. The van der Waals surface area contributed by atoms with E-state index in [0.29, 0.717) is 0 Å². The average molecular weight is 971 g/mol. The van der Waals surface area contributed by atoms with E-state index in [0.717, 1.165) is 0 Å². The molecule has 0 aromatic heterocycles. The van der Waals surface area contributed by atoms with Crippen molar-refractivity contribution in [1.82, 2.24) is 0 Å². The van der Waals surface area contributed by atoms with Gasteiger partial charge in [0.15, 0.2) is 25.2 Å². The molecule has 0 aliphatic carbocycles. The Hall–Kier alpha value is -1.20. The number of aliphatic hydroxyl groups is 18. The highest BCUT2D eigenvalue weighted by Gasteiger charge is 2.77. The van der Waals surface area contributed by atoms with Gasteiger partial charge in [0.05, 0.1) is 39.6 Å². The van der Waals surface area contributed by atoms with Gasteiger partial charge < -0.3 is 149 Å². The Kier molecular flexibility index (Phi) is 15.3. The number of ether oxygens (including phenoxy) is 12. The molecule has 0 aromatic carbocycles. The van der Waals surface area contributed by atoms with E-state index >= 15 is 0 Å². The van der Waals surface area contributed by atoms with Crippen LogP contribution >= 0.6 is 0 Å². The van der Waals surface area contributed by atoms with Gasteiger partial charge in [-0.3, -0.25) is 0 Å². The van der Waals surface area contributed by atoms with Crippen LogP contribution in [0.2, 0.25) is 0 Å². The molecule has 8 aliphatic rings. The number of fused-ring (bicyclic) bond motifs is 4. The maximum absolute atomic E-state index is 12.0. The molecule has 0 spiro atoms. The Morgan fingerprint density at radius 3 is 1.39 bits per heavy atom. The first-order chi connectivity index (χ1) is 31.3. The van der Waals surface area contributed by atoms with Crippen molar-refractivity contribution in [3.05, 3.63) is 0 Å². The lowest BCUT2D eigenvalue weighted by Crippen LogP contribution is -2.84. The van der Waals surface area contributed by atoms with Crippen molar-refractivity contribution in [1.29, 1.82) is 0 Å². The van der Waals surface area contributed by atoms with Crippen molar-refractivity contribution >= 4 is 0 Å². The fourth-order valence-corrected chi connectivity index (χ4v) is 9.75. The Balaban J connectivity index is 1.12. The fraction of sp³-hybridized carbons (Fsp3) is 1.00. The molecule has 8 aliphatic heterocycles. The van der Waals surface area contributed by atoms with Gasteiger partial charge in [0, 0.05) is 0 Å². The number of hydrogen-bond acceptors (Lipinski definition) is 30. The third-order valence-corrected chi connectivity index (χ3v) is 13.4. The van der Waals surface area contributed by atoms with Crippen LogP contribution in [0.25, 0.3) is 0 Å². The average Bonchev–Trinajstić information content (AvgIpc) is 3.79. The van der Waals surface area contributed by atoms with Crippen molar-refractivity contribution in [3.63, 3.8) is 0 Å². The molecule has 66 heavy (non-hydrogen) atoms. The van der Waals surface area contributed by atoms with E-state index < -0.39 is 216 Å². The maximum atomic E-state index is 12.0. The molecule has 8 fully saturated rings. The van der Waals surface area contributed by atoms with Gasteiger partial charge in [-0.25, -0.2) is 0 Å². The van der Waals surface area contributed by atoms with E-state index in [1.54, 1.807) is 0 Å². The van der Waals surface area contributed by atoms with Crippen LogP contribution in [0.1, 0.15) is 0 Å². The molecule has 8 heterocycles. The quantitative estimate of drug-likeness (QED) is 0.0815. The van der Waals surface area contributed by atoms with Crippen molar-refractivity contribution in [3.8, 4) is 0 Å². The first-order valence-electron chi connectivity index (χ1n) is 21.1. The van der Waals surface area contributed by atoms with E-state index in [2.05, 4.69) is 0 Å². The minimum Gasteiger partial charge on any atom is -0.394 e. The van der Waals surface area contributed by atoms with Gasteiger partial charge in [0.2, 0.25) is 0 Å². The van der Waals surface area contributed by atoms with Gasteiger partial charge in [-0.05, 0) is 0 Å². The van der Waals surface area contributed by atoms with E-state index in [1.807, 2.05) is 0 Å². The molecule has 30 atom stereocenters. The predicted octanol–water partition coefficient (Wildman–Crippen LogP) is -13.3. The second kappa shape index (κ2) is 19.8. The molecule has 4 bridgehead atoms. The highest BCUT2D eigenvalue weighted by atomic mass is 16.8. The zero-order chi connectivity index (χ0) is 47.9. The Bertz CT molecular complexity index is 1620. The number of aliphatic hydroxyl groups excluding tert-OH is 18. The van der Waals surface area contributed by atoms with Crippen molar-refractivity contribution in [2.45, 2.75) is 183 Å². The van der Waals surface area contributed by atoms with Crippen molar-refractivity contribution < 1.29 is 149 Å². The van der Waals surface area contributed by atoms with Crippen LogP contribution < -0.4 is 0 Å². The summed E-state index contributed by atoms with van der Waals surface area (Å²) in [5.74, 6) is -7.12. The summed E-state index contributed by atoms with van der Waals surface area (Å²) >= 11 is 0. The first kappa shape index (κ1) is 51.2. The van der Waals surface area contributed by atoms with E-state index in [9.17, 15) is 91.9 Å². The molecule has 30 heteroatoms. The number of rotatable bonds is 13. The Labute approximate surface area is 371 Å². The summed E-state index contributed by atoms with van der Waals surface area (Å²) in [6, 6.07) is 0. The van der Waals surface area contributed by atoms with Gasteiger partial charge in [0.1, 0.15) is 146 Å². The molecule has 382 valence electrons. The normalized spacial score (nSPS) is 57.5. The van der Waals surface area contributed by atoms with E-state index in [4.69, 9.17) is 56.8 Å². The molecule has 8 saturated heterocycles. The lowest BCUT2D eigenvalue weighted by molar-refractivity contribution is -0.526. The van der Waals surface area contributed by atoms with Crippen LogP contribution in [0.4, 0.5) is 0 Å². The third-order valence-electron chi connectivity index (χ3n) is 13.4. The molecular formula is C36H58O30. The first-order valence-corrected chi connectivity index (χ1v) is 21.1. The molecular weight excluding hydrogens is 912 g/mol. The second-order valence-corrected chi connectivity index (χ2v) is 17.4. The molecule has 30 nitrogen and oxygen atoms in total. The van der Waals surface area contributed by atoms with Crippen LogP contribution in [-0.2, 0) is 56.8 Å². The van der Waals surface area contributed by atoms with Gasteiger partial charge in [-0.2, -0.15) is 0 Å². The molecule has 0 radical (unpaired) electrons. The van der Waals surface area contributed by atoms with Gasteiger partial charge in [0.25, 0.3) is 11.6 Å². The molecule has 0 saturated carbocycles. The number of hydrogen-bond donors (Lipinski definition) is 18. The van der Waals surface area contributed by atoms with Gasteiger partial charge in [-0.15, -0.1) is 0 Å². The largest absolute Gasteiger partial charge is 0.394 e. The second-order valence-electron chi connectivity index (χ2n) is 17.4. The van der Waals surface area contributed by atoms with Crippen molar-refractivity contribution in [2.24, 2.45) is 0 Å². The van der Waals surface area contributed by atoms with Crippen LogP contribution in [0.3, 0.4) is 0 Å². The van der Waals surface area contributed by atoms with E-state index in [-0.39, 0.29) is 6.61 Å². The fourth-order valence-electron chi connectivity index (χ4n) is 9.75. The van der Waals surface area contributed by atoms with Crippen LogP contribution in [0.5, 0.6) is 0 Å². The summed E-state index contributed by atoms with van der Waals surface area (Å²) in [6.07, 6.45) is -54.5. The van der Waals surface area contributed by atoms with Crippen LogP contribution in [-0.4, -0.2) is 315 Å². The predicted molar refractivity (Wildman–Crippen MR) is 194 cm³/mol. The minimum absolute atomic E-state index is 0.133. The van der Waals surface area contributed by atoms with Gasteiger partial charge in [-0.1, -0.05) is 0 Å². The van der Waals surface area contributed by atoms with Gasteiger partial charge >= 0.3 is 0 Å². The zero-order valence-corrected chi connectivity index (χ0v) is 34.4. The highest BCUT2D eigenvalue weighted by molar-refractivity contribution is 5.15. The molecule has 10 unspecified atom stereocenters. The summed E-state index contributed by atoms with van der Waals surface area (Å²) in [7, 11) is 0. The summed E-state index contributed by atoms with van der Waals surface area (Å²) in [5, 5.41) is 196.